The molecule has 0 bridgehead atoms. The Morgan fingerprint density at radius 3 is 1.59 bits per heavy atom. The first-order chi connectivity index (χ1) is 10.5. The van der Waals surface area contributed by atoms with E-state index in [2.05, 4.69) is 34.3 Å². The summed E-state index contributed by atoms with van der Waals surface area (Å²) in [7, 11) is -3.13. The maximum Gasteiger partial charge on any atom is 0.353 e. The molecule has 0 aliphatic rings. The molecule has 0 aromatic rings. The van der Waals surface area contributed by atoms with E-state index in [1.165, 1.54) is 31.5 Å². The van der Waals surface area contributed by atoms with E-state index < -0.39 is 7.60 Å². The lowest BCUT2D eigenvalue weighted by Gasteiger charge is -2.22. The van der Waals surface area contributed by atoms with Crippen molar-refractivity contribution in [3.05, 3.63) is 12.4 Å². The molecule has 0 heterocycles. The molecule has 0 fully saturated rings. The third-order valence-corrected chi connectivity index (χ3v) is 5.76. The molecule has 0 spiro atoms. The van der Waals surface area contributed by atoms with Crippen LogP contribution in [0.5, 0.6) is 0 Å². The van der Waals surface area contributed by atoms with Gasteiger partial charge in [-0.3, -0.25) is 4.57 Å². The number of unbranched alkanes of at least 4 members (excludes halogenated alkanes) is 2. The molecule has 2 unspecified atom stereocenters. The van der Waals surface area contributed by atoms with E-state index in [-0.39, 0.29) is 0 Å². The van der Waals surface area contributed by atoms with Crippen molar-refractivity contribution in [2.24, 2.45) is 11.8 Å². The Bertz CT molecular complexity index is 293. The predicted molar refractivity (Wildman–Crippen MR) is 96.3 cm³/mol. The number of rotatable bonds is 15. The second kappa shape index (κ2) is 13.3. The summed E-state index contributed by atoms with van der Waals surface area (Å²) in [6.45, 7) is 13.3. The molecule has 0 radical (unpaired) electrons. The molecule has 2 atom stereocenters. The lowest BCUT2D eigenvalue weighted by Crippen LogP contribution is -2.11. The normalized spacial score (nSPS) is 16.9. The van der Waals surface area contributed by atoms with Gasteiger partial charge in [-0.2, -0.15) is 0 Å². The molecule has 4 heteroatoms. The number of hydrogen-bond acceptors (Lipinski definition) is 3. The van der Waals surface area contributed by atoms with Crippen molar-refractivity contribution in [1.29, 1.82) is 0 Å². The van der Waals surface area contributed by atoms with E-state index >= 15 is 0 Å². The lowest BCUT2D eigenvalue weighted by atomic mass is 10.0. The zero-order valence-corrected chi connectivity index (χ0v) is 16.1. The Balaban J connectivity index is 4.32. The summed E-state index contributed by atoms with van der Waals surface area (Å²) in [6, 6.07) is 0. The smallest absolute Gasteiger partial charge is 0.305 e. The summed E-state index contributed by atoms with van der Waals surface area (Å²) in [5.74, 6) is 2.28. The molecule has 0 N–H and O–H groups in total. The van der Waals surface area contributed by atoms with Crippen LogP contribution in [-0.4, -0.2) is 13.2 Å². The van der Waals surface area contributed by atoms with Crippen molar-refractivity contribution in [1.82, 2.24) is 0 Å². The first-order valence-electron chi connectivity index (χ1n) is 9.07. The van der Waals surface area contributed by atoms with Crippen LogP contribution in [0.3, 0.4) is 0 Å². The fourth-order valence-electron chi connectivity index (χ4n) is 2.36. The molecule has 0 aliphatic carbocycles. The summed E-state index contributed by atoms with van der Waals surface area (Å²) in [5.41, 5.74) is 0. The minimum atomic E-state index is -3.13. The molecule has 0 amide bonds. The van der Waals surface area contributed by atoms with Gasteiger partial charge in [0.15, 0.2) is 0 Å². The van der Waals surface area contributed by atoms with Crippen LogP contribution in [0.15, 0.2) is 12.4 Å². The van der Waals surface area contributed by atoms with Crippen LogP contribution in [0.2, 0.25) is 0 Å². The summed E-state index contributed by atoms with van der Waals surface area (Å²) in [5, 5.41) is 0. The summed E-state index contributed by atoms with van der Waals surface area (Å²) < 4.78 is 23.9. The van der Waals surface area contributed by atoms with Gasteiger partial charge in [-0.1, -0.05) is 72.8 Å². The SMILES string of the molecule is C=CP(=O)(OCC(CC)CCCC)OCC(CC)CCCC. The molecule has 0 aliphatic heterocycles. The standard InChI is InChI=1S/C18H37O3P/c1-6-11-13-17(8-3)15-20-22(19,10-5)21-16-18(9-4)14-12-7-2/h10,17-18H,5-9,11-16H2,1-4H3. The van der Waals surface area contributed by atoms with Gasteiger partial charge in [-0.05, 0) is 24.7 Å². The van der Waals surface area contributed by atoms with Crippen molar-refractivity contribution in [2.75, 3.05) is 13.2 Å². The summed E-state index contributed by atoms with van der Waals surface area (Å²) >= 11 is 0. The van der Waals surface area contributed by atoms with Crippen molar-refractivity contribution >= 4 is 7.60 Å². The third kappa shape index (κ3) is 9.82. The second-order valence-electron chi connectivity index (χ2n) is 6.15. The minimum absolute atomic E-state index is 0.457. The highest BCUT2D eigenvalue weighted by atomic mass is 31.2. The third-order valence-electron chi connectivity index (χ3n) is 4.29. The van der Waals surface area contributed by atoms with Gasteiger partial charge in [0, 0.05) is 5.82 Å². The summed E-state index contributed by atoms with van der Waals surface area (Å²) in [6.07, 6.45) is 9.09. The molecule has 0 saturated carbocycles. The highest BCUT2D eigenvalue weighted by molar-refractivity contribution is 7.57. The average Bonchev–Trinajstić information content (AvgIpc) is 2.55. The van der Waals surface area contributed by atoms with Gasteiger partial charge >= 0.3 is 7.60 Å². The van der Waals surface area contributed by atoms with Crippen LogP contribution < -0.4 is 0 Å². The molecule has 0 aromatic heterocycles. The Morgan fingerprint density at radius 2 is 1.32 bits per heavy atom. The van der Waals surface area contributed by atoms with Gasteiger partial charge in [0.05, 0.1) is 13.2 Å². The molecular formula is C18H37O3P. The molecule has 132 valence electrons. The molecular weight excluding hydrogens is 295 g/mol. The Morgan fingerprint density at radius 1 is 0.909 bits per heavy atom. The van der Waals surface area contributed by atoms with E-state index in [1.807, 2.05) is 0 Å². The fourth-order valence-corrected chi connectivity index (χ4v) is 3.48. The first-order valence-corrected chi connectivity index (χ1v) is 10.7. The fraction of sp³-hybridized carbons (Fsp3) is 0.889. The van der Waals surface area contributed by atoms with Gasteiger partial charge in [0.25, 0.3) is 0 Å². The van der Waals surface area contributed by atoms with E-state index in [0.29, 0.717) is 25.0 Å². The molecule has 22 heavy (non-hydrogen) atoms. The Hall–Kier alpha value is -0.110. The zero-order chi connectivity index (χ0) is 16.8. The zero-order valence-electron chi connectivity index (χ0n) is 15.2. The van der Waals surface area contributed by atoms with E-state index in [1.54, 1.807) is 0 Å². The van der Waals surface area contributed by atoms with E-state index in [0.717, 1.165) is 25.7 Å². The highest BCUT2D eigenvalue weighted by Gasteiger charge is 2.23. The van der Waals surface area contributed by atoms with Crippen LogP contribution >= 0.6 is 7.60 Å². The molecule has 0 rings (SSSR count). The number of hydrogen-bond donors (Lipinski definition) is 0. The predicted octanol–water partition coefficient (Wildman–Crippen LogP) is 6.79. The van der Waals surface area contributed by atoms with Crippen molar-refractivity contribution < 1.29 is 13.6 Å². The highest BCUT2D eigenvalue weighted by Crippen LogP contribution is 2.50. The topological polar surface area (TPSA) is 35.5 Å². The van der Waals surface area contributed by atoms with Crippen LogP contribution in [0.4, 0.5) is 0 Å². The molecule has 0 saturated heterocycles. The first kappa shape index (κ1) is 21.9. The van der Waals surface area contributed by atoms with Crippen molar-refractivity contribution in [3.8, 4) is 0 Å². The van der Waals surface area contributed by atoms with Crippen LogP contribution in [0.25, 0.3) is 0 Å². The van der Waals surface area contributed by atoms with Gasteiger partial charge in [-0.25, -0.2) is 0 Å². The van der Waals surface area contributed by atoms with Gasteiger partial charge in [-0.15, -0.1) is 0 Å². The van der Waals surface area contributed by atoms with Gasteiger partial charge in [0.2, 0.25) is 0 Å². The minimum Gasteiger partial charge on any atom is -0.305 e. The monoisotopic (exact) mass is 332 g/mol. The lowest BCUT2D eigenvalue weighted by molar-refractivity contribution is 0.157. The quantitative estimate of drug-likeness (QED) is 0.310. The van der Waals surface area contributed by atoms with Crippen LogP contribution in [0, 0.1) is 11.8 Å². The van der Waals surface area contributed by atoms with Crippen molar-refractivity contribution in [3.63, 3.8) is 0 Å². The second-order valence-corrected chi connectivity index (χ2v) is 8.11. The maximum atomic E-state index is 12.6. The van der Waals surface area contributed by atoms with Gasteiger partial charge < -0.3 is 9.05 Å². The van der Waals surface area contributed by atoms with Gasteiger partial charge in [0.1, 0.15) is 0 Å². The van der Waals surface area contributed by atoms with E-state index in [4.69, 9.17) is 9.05 Å². The van der Waals surface area contributed by atoms with Crippen LogP contribution in [0.1, 0.15) is 79.1 Å². The Labute approximate surface area is 138 Å². The van der Waals surface area contributed by atoms with Crippen LogP contribution in [-0.2, 0) is 13.6 Å². The molecule has 3 nitrogen and oxygen atoms in total. The average molecular weight is 332 g/mol. The Kier molecular flexibility index (Phi) is 13.3. The molecule has 0 aromatic carbocycles. The van der Waals surface area contributed by atoms with E-state index in [9.17, 15) is 4.57 Å². The van der Waals surface area contributed by atoms with Crippen molar-refractivity contribution in [2.45, 2.75) is 79.1 Å². The largest absolute Gasteiger partial charge is 0.353 e. The maximum absolute atomic E-state index is 12.6. The summed E-state index contributed by atoms with van der Waals surface area (Å²) in [4.78, 5) is 0.